The van der Waals surface area contributed by atoms with E-state index < -0.39 is 6.10 Å². The van der Waals surface area contributed by atoms with Gasteiger partial charge in [-0.15, -0.1) is 11.3 Å². The van der Waals surface area contributed by atoms with Gasteiger partial charge in [-0.25, -0.2) is 4.79 Å². The number of fused-ring (bicyclic) bond motifs is 5. The lowest BCUT2D eigenvalue weighted by Crippen LogP contribution is -2.37. The van der Waals surface area contributed by atoms with E-state index in [1.165, 1.54) is 7.05 Å². The van der Waals surface area contributed by atoms with Crippen LogP contribution in [0.25, 0.3) is 27.8 Å². The number of rotatable bonds is 2. The number of aryl methyl sites for hydroxylation is 2. The van der Waals surface area contributed by atoms with Crippen LogP contribution in [-0.4, -0.2) is 13.7 Å². The van der Waals surface area contributed by atoms with E-state index in [1.54, 1.807) is 29.0 Å². The Balaban J connectivity index is 1.92. The zero-order valence-electron chi connectivity index (χ0n) is 18.7. The summed E-state index contributed by atoms with van der Waals surface area (Å²) in [6.07, 6.45) is -0.494. The molecule has 0 amide bonds. The van der Waals surface area contributed by atoms with Gasteiger partial charge in [0.1, 0.15) is 5.75 Å². The third-order valence-corrected chi connectivity index (χ3v) is 7.62. The van der Waals surface area contributed by atoms with E-state index in [9.17, 15) is 9.59 Å². The first kappa shape index (κ1) is 21.0. The first-order valence-electron chi connectivity index (χ1n) is 10.8. The molecule has 5 aromatic rings. The molecular formula is C26H20ClN3O3S. The Bertz CT molecular complexity index is 1730. The van der Waals surface area contributed by atoms with Crippen LogP contribution in [0.15, 0.2) is 69.6 Å². The summed E-state index contributed by atoms with van der Waals surface area (Å²) in [4.78, 5) is 27.7. The molecule has 2 aromatic carbocycles. The minimum absolute atomic E-state index is 0.341. The normalized spacial score (nSPS) is 14.6. The van der Waals surface area contributed by atoms with Crippen LogP contribution in [0.2, 0.25) is 5.02 Å². The number of aromatic nitrogens is 3. The lowest BCUT2D eigenvalue weighted by molar-refractivity contribution is 0.233. The van der Waals surface area contributed by atoms with Crippen LogP contribution in [0.3, 0.4) is 0 Å². The third kappa shape index (κ3) is 2.80. The molecule has 6 nitrogen and oxygen atoms in total. The third-order valence-electron chi connectivity index (χ3n) is 6.47. The summed E-state index contributed by atoms with van der Waals surface area (Å²) in [6, 6.07) is 17.4. The van der Waals surface area contributed by atoms with Crippen molar-refractivity contribution in [3.05, 3.63) is 102 Å². The smallest absolute Gasteiger partial charge is 0.331 e. The summed E-state index contributed by atoms with van der Waals surface area (Å²) in [6.45, 7) is 2.02. The molecule has 1 atom stereocenters. The van der Waals surface area contributed by atoms with Crippen LogP contribution in [0.4, 0.5) is 0 Å². The fraction of sp³-hybridized carbons (Fsp3) is 0.154. The zero-order chi connectivity index (χ0) is 23.7. The molecule has 0 fully saturated rings. The SMILES string of the molecule is Cc1ccccc1-c1c2c(=O)n(C)c(=O)n(C)c2c2n1-c1cc(Cl)ccc1OC2c1cccs1. The molecule has 1 aliphatic rings. The molecule has 170 valence electrons. The largest absolute Gasteiger partial charge is 0.476 e. The van der Waals surface area contributed by atoms with Crippen molar-refractivity contribution in [1.82, 2.24) is 13.7 Å². The van der Waals surface area contributed by atoms with Crippen LogP contribution in [0.1, 0.15) is 22.2 Å². The molecule has 0 saturated carbocycles. The van der Waals surface area contributed by atoms with Crippen molar-refractivity contribution in [1.29, 1.82) is 0 Å². The molecule has 0 aliphatic carbocycles. The Morgan fingerprint density at radius 1 is 1.00 bits per heavy atom. The number of halogens is 1. The summed E-state index contributed by atoms with van der Waals surface area (Å²) in [5, 5.41) is 3.02. The molecular weight excluding hydrogens is 470 g/mol. The Hall–Kier alpha value is -3.55. The van der Waals surface area contributed by atoms with Gasteiger partial charge in [-0.2, -0.15) is 0 Å². The molecule has 4 heterocycles. The second-order valence-corrected chi connectivity index (χ2v) is 9.85. The molecule has 0 N–H and O–H groups in total. The van der Waals surface area contributed by atoms with E-state index in [4.69, 9.17) is 16.3 Å². The van der Waals surface area contributed by atoms with Crippen molar-refractivity contribution < 1.29 is 4.74 Å². The molecule has 0 bridgehead atoms. The van der Waals surface area contributed by atoms with E-state index in [-0.39, 0.29) is 11.2 Å². The van der Waals surface area contributed by atoms with Crippen molar-refractivity contribution in [3.8, 4) is 22.7 Å². The van der Waals surface area contributed by atoms with Crippen molar-refractivity contribution in [3.63, 3.8) is 0 Å². The topological polar surface area (TPSA) is 58.2 Å². The highest BCUT2D eigenvalue weighted by atomic mass is 35.5. The first-order valence-corrected chi connectivity index (χ1v) is 12.0. The average Bonchev–Trinajstić information content (AvgIpc) is 3.48. The molecule has 8 heteroatoms. The number of thiophene rings is 1. The van der Waals surface area contributed by atoms with Gasteiger partial charge in [0.15, 0.2) is 6.10 Å². The van der Waals surface area contributed by atoms with Gasteiger partial charge < -0.3 is 9.30 Å². The van der Waals surface area contributed by atoms with Crippen LogP contribution in [0, 0.1) is 6.92 Å². The van der Waals surface area contributed by atoms with Crippen LogP contribution >= 0.6 is 22.9 Å². The van der Waals surface area contributed by atoms with E-state index in [1.807, 2.05) is 60.8 Å². The summed E-state index contributed by atoms with van der Waals surface area (Å²) < 4.78 is 11.3. The van der Waals surface area contributed by atoms with Gasteiger partial charge in [-0.05, 0) is 42.1 Å². The summed E-state index contributed by atoms with van der Waals surface area (Å²) in [7, 11) is 3.21. The maximum Gasteiger partial charge on any atom is 0.331 e. The van der Waals surface area contributed by atoms with Gasteiger partial charge >= 0.3 is 5.69 Å². The van der Waals surface area contributed by atoms with E-state index in [2.05, 4.69) is 4.57 Å². The Morgan fingerprint density at radius 2 is 1.79 bits per heavy atom. The standard InChI is InChI=1S/C26H20ClN3O3S/c1-14-7-4-5-8-16(14)21-20-22(28(2)26(32)29(3)25(20)31)23-24(19-9-6-12-34-19)33-18-11-10-15(27)13-17(18)30(21)23/h4-13,24H,1-3H3. The Labute approximate surface area is 203 Å². The number of nitrogens with zero attached hydrogens (tertiary/aromatic N) is 3. The second-order valence-electron chi connectivity index (χ2n) is 8.44. The zero-order valence-corrected chi connectivity index (χ0v) is 20.3. The van der Waals surface area contributed by atoms with Gasteiger partial charge in [0.25, 0.3) is 5.56 Å². The summed E-state index contributed by atoms with van der Waals surface area (Å²) in [5.41, 5.74) is 3.97. The van der Waals surface area contributed by atoms with Crippen molar-refractivity contribution in [2.75, 3.05) is 0 Å². The predicted octanol–water partition coefficient (Wildman–Crippen LogP) is 5.20. The van der Waals surface area contributed by atoms with E-state index in [0.29, 0.717) is 21.7 Å². The highest BCUT2D eigenvalue weighted by molar-refractivity contribution is 7.10. The minimum atomic E-state index is -0.494. The average molecular weight is 490 g/mol. The minimum Gasteiger partial charge on any atom is -0.476 e. The molecule has 1 unspecified atom stereocenters. The van der Waals surface area contributed by atoms with Crippen molar-refractivity contribution in [2.45, 2.75) is 13.0 Å². The lowest BCUT2D eigenvalue weighted by atomic mass is 10.0. The van der Waals surface area contributed by atoms with E-state index >= 15 is 0 Å². The first-order chi connectivity index (χ1) is 16.4. The highest BCUT2D eigenvalue weighted by Gasteiger charge is 2.37. The maximum atomic E-state index is 13.7. The lowest BCUT2D eigenvalue weighted by Gasteiger charge is -2.29. The maximum absolute atomic E-state index is 13.7. The van der Waals surface area contributed by atoms with Gasteiger partial charge in [-0.1, -0.05) is 41.9 Å². The molecule has 1 aliphatic heterocycles. The van der Waals surface area contributed by atoms with Gasteiger partial charge in [0.2, 0.25) is 0 Å². The second kappa shape index (κ2) is 7.48. The molecule has 34 heavy (non-hydrogen) atoms. The Kier molecular flexibility index (Phi) is 4.62. The van der Waals surface area contributed by atoms with Crippen LogP contribution < -0.4 is 16.0 Å². The quantitative estimate of drug-likeness (QED) is 0.342. The van der Waals surface area contributed by atoms with Gasteiger partial charge in [0.05, 0.1) is 32.9 Å². The monoisotopic (exact) mass is 489 g/mol. The Morgan fingerprint density at radius 3 is 2.53 bits per heavy atom. The van der Waals surface area contributed by atoms with Crippen molar-refractivity contribution in [2.24, 2.45) is 14.1 Å². The number of benzene rings is 2. The number of hydrogen-bond donors (Lipinski definition) is 0. The van der Waals surface area contributed by atoms with Crippen LogP contribution in [0.5, 0.6) is 5.75 Å². The predicted molar refractivity (Wildman–Crippen MR) is 136 cm³/mol. The van der Waals surface area contributed by atoms with E-state index in [0.717, 1.165) is 37.6 Å². The van der Waals surface area contributed by atoms with Crippen molar-refractivity contribution >= 4 is 33.8 Å². The molecule has 3 aromatic heterocycles. The fourth-order valence-corrected chi connectivity index (χ4v) is 5.78. The molecule has 0 spiro atoms. The fourth-order valence-electron chi connectivity index (χ4n) is 4.86. The van der Waals surface area contributed by atoms with Crippen LogP contribution in [-0.2, 0) is 14.1 Å². The van der Waals surface area contributed by atoms with Gasteiger partial charge in [-0.3, -0.25) is 13.9 Å². The highest BCUT2D eigenvalue weighted by Crippen LogP contribution is 2.48. The van der Waals surface area contributed by atoms with Gasteiger partial charge in [0, 0.05) is 24.7 Å². The summed E-state index contributed by atoms with van der Waals surface area (Å²) in [5.74, 6) is 0.660. The molecule has 0 saturated heterocycles. The number of hydrogen-bond acceptors (Lipinski definition) is 4. The molecule has 0 radical (unpaired) electrons. The summed E-state index contributed by atoms with van der Waals surface area (Å²) >= 11 is 8.00. The molecule has 6 rings (SSSR count). The number of ether oxygens (including phenoxy) is 1.